The molecular weight excluding hydrogens is 464 g/mol. The van der Waals surface area contributed by atoms with E-state index in [9.17, 15) is 18.4 Å². The molecule has 3 aromatic carbocycles. The summed E-state index contributed by atoms with van der Waals surface area (Å²) in [6, 6.07) is 20.0. The summed E-state index contributed by atoms with van der Waals surface area (Å²) in [6.45, 7) is 0.403. The van der Waals surface area contributed by atoms with Crippen LogP contribution in [0.15, 0.2) is 89.5 Å². The number of carbonyl (C=O) groups is 2. The molecule has 36 heavy (non-hydrogen) atoms. The number of furan rings is 1. The Hall–Kier alpha value is -4.46. The van der Waals surface area contributed by atoms with Crippen molar-refractivity contribution in [2.45, 2.75) is 13.1 Å². The van der Waals surface area contributed by atoms with E-state index in [1.807, 2.05) is 25.1 Å². The third kappa shape index (κ3) is 5.96. The van der Waals surface area contributed by atoms with Crippen molar-refractivity contribution in [3.05, 3.63) is 119 Å². The molecule has 0 saturated carbocycles. The number of hydrogen-bond acceptors (Lipinski definition) is 4. The number of anilines is 2. The van der Waals surface area contributed by atoms with Crippen molar-refractivity contribution in [1.82, 2.24) is 4.90 Å². The van der Waals surface area contributed by atoms with E-state index in [2.05, 4.69) is 5.32 Å². The first-order chi connectivity index (χ1) is 17.3. The second-order valence-electron chi connectivity index (χ2n) is 8.47. The number of carbonyl (C=O) groups excluding carboxylic acids is 2. The summed E-state index contributed by atoms with van der Waals surface area (Å²) >= 11 is 0. The highest BCUT2D eigenvalue weighted by Gasteiger charge is 2.21. The van der Waals surface area contributed by atoms with Crippen molar-refractivity contribution in [2.75, 3.05) is 24.3 Å². The molecule has 0 unspecified atom stereocenters. The van der Waals surface area contributed by atoms with Gasteiger partial charge in [-0.15, -0.1) is 0 Å². The van der Waals surface area contributed by atoms with Gasteiger partial charge in [0.1, 0.15) is 11.6 Å². The lowest BCUT2D eigenvalue weighted by atomic mass is 10.1. The maximum Gasteiger partial charge on any atom is 0.290 e. The Labute approximate surface area is 207 Å². The van der Waals surface area contributed by atoms with E-state index in [-0.39, 0.29) is 36.1 Å². The third-order valence-electron chi connectivity index (χ3n) is 5.57. The molecule has 4 aromatic rings. The van der Waals surface area contributed by atoms with E-state index >= 15 is 0 Å². The summed E-state index contributed by atoms with van der Waals surface area (Å²) in [4.78, 5) is 29.4. The predicted molar refractivity (Wildman–Crippen MR) is 134 cm³/mol. The summed E-state index contributed by atoms with van der Waals surface area (Å²) in [5.74, 6) is -1.46. The first-order valence-corrected chi connectivity index (χ1v) is 11.2. The molecule has 0 spiro atoms. The second-order valence-corrected chi connectivity index (χ2v) is 8.47. The van der Waals surface area contributed by atoms with Crippen LogP contribution in [0, 0.1) is 11.6 Å². The first kappa shape index (κ1) is 24.7. The lowest BCUT2D eigenvalue weighted by Gasteiger charge is -2.26. The van der Waals surface area contributed by atoms with Gasteiger partial charge in [-0.3, -0.25) is 9.59 Å². The molecule has 0 bridgehead atoms. The fourth-order valence-corrected chi connectivity index (χ4v) is 3.83. The maximum atomic E-state index is 13.6. The van der Waals surface area contributed by atoms with Crippen molar-refractivity contribution >= 4 is 23.2 Å². The molecule has 1 heterocycles. The highest BCUT2D eigenvalue weighted by Crippen LogP contribution is 2.26. The summed E-state index contributed by atoms with van der Waals surface area (Å²) in [5.41, 5.74) is 3.05. The van der Waals surface area contributed by atoms with Gasteiger partial charge in [0.2, 0.25) is 0 Å². The zero-order valence-corrected chi connectivity index (χ0v) is 19.9. The average molecular weight is 490 g/mol. The van der Waals surface area contributed by atoms with Crippen LogP contribution < -0.4 is 10.2 Å². The number of nitrogens with one attached hydrogen (secondary N) is 1. The fourth-order valence-electron chi connectivity index (χ4n) is 3.83. The topological polar surface area (TPSA) is 65.8 Å². The predicted octanol–water partition coefficient (Wildman–Crippen LogP) is 5.72. The Kier molecular flexibility index (Phi) is 7.44. The molecule has 0 aliphatic carbocycles. The lowest BCUT2D eigenvalue weighted by molar-refractivity contribution is 0.0697. The maximum absolute atomic E-state index is 13.6. The van der Waals surface area contributed by atoms with E-state index in [4.69, 9.17) is 4.42 Å². The number of amides is 2. The van der Waals surface area contributed by atoms with Crippen molar-refractivity contribution in [2.24, 2.45) is 0 Å². The van der Waals surface area contributed by atoms with Gasteiger partial charge in [0, 0.05) is 44.1 Å². The summed E-state index contributed by atoms with van der Waals surface area (Å²) in [6.07, 6.45) is 1.43. The molecular formula is C28H25F2N3O3. The average Bonchev–Trinajstić information content (AvgIpc) is 3.39. The van der Waals surface area contributed by atoms with Crippen molar-refractivity contribution in [1.29, 1.82) is 0 Å². The quantitative estimate of drug-likeness (QED) is 0.344. The van der Waals surface area contributed by atoms with Crippen LogP contribution in [0.5, 0.6) is 0 Å². The molecule has 1 N–H and O–H groups in total. The molecule has 1 aromatic heterocycles. The molecule has 0 saturated heterocycles. The molecule has 2 amide bonds. The highest BCUT2D eigenvalue weighted by molar-refractivity contribution is 6.04. The fraction of sp³-hybridized carbons (Fsp3) is 0.143. The van der Waals surface area contributed by atoms with Gasteiger partial charge in [-0.1, -0.05) is 18.2 Å². The van der Waals surface area contributed by atoms with Crippen LogP contribution in [0.3, 0.4) is 0 Å². The highest BCUT2D eigenvalue weighted by atomic mass is 19.1. The van der Waals surface area contributed by atoms with E-state index in [0.29, 0.717) is 5.69 Å². The number of halogens is 2. The van der Waals surface area contributed by atoms with Gasteiger partial charge in [0.15, 0.2) is 5.76 Å². The third-order valence-corrected chi connectivity index (χ3v) is 5.57. The summed E-state index contributed by atoms with van der Waals surface area (Å²) in [5, 5.41) is 2.79. The van der Waals surface area contributed by atoms with Crippen molar-refractivity contribution < 1.29 is 22.8 Å². The molecule has 0 fully saturated rings. The molecule has 4 rings (SSSR count). The molecule has 6 nitrogen and oxygen atoms in total. The zero-order valence-electron chi connectivity index (χ0n) is 19.9. The molecule has 8 heteroatoms. The Morgan fingerprint density at radius 3 is 2.31 bits per heavy atom. The molecule has 0 atom stereocenters. The number of nitrogens with zero attached hydrogens (tertiary/aromatic N) is 2. The zero-order chi connectivity index (χ0) is 25.7. The van der Waals surface area contributed by atoms with Gasteiger partial charge in [-0.05, 0) is 71.8 Å². The number of rotatable bonds is 8. The van der Waals surface area contributed by atoms with Crippen LogP contribution >= 0.6 is 0 Å². The summed E-state index contributed by atoms with van der Waals surface area (Å²) in [7, 11) is 3.75. The van der Waals surface area contributed by atoms with Gasteiger partial charge in [-0.2, -0.15) is 0 Å². The van der Waals surface area contributed by atoms with Crippen LogP contribution in [-0.2, 0) is 13.1 Å². The second kappa shape index (κ2) is 10.9. The Morgan fingerprint density at radius 2 is 1.64 bits per heavy atom. The minimum atomic E-state index is -0.501. The monoisotopic (exact) mass is 489 g/mol. The van der Waals surface area contributed by atoms with E-state index in [1.165, 1.54) is 36.6 Å². The molecule has 184 valence electrons. The van der Waals surface area contributed by atoms with Crippen LogP contribution in [0.25, 0.3) is 0 Å². The molecule has 0 radical (unpaired) electrons. The normalized spacial score (nSPS) is 10.7. The minimum absolute atomic E-state index is 0.180. The van der Waals surface area contributed by atoms with Crippen molar-refractivity contribution in [3.63, 3.8) is 0 Å². The lowest BCUT2D eigenvalue weighted by Crippen LogP contribution is -2.30. The number of hydrogen-bond donors (Lipinski definition) is 1. The van der Waals surface area contributed by atoms with Gasteiger partial charge in [-0.25, -0.2) is 8.78 Å². The Bertz CT molecular complexity index is 1350. The summed E-state index contributed by atoms with van der Waals surface area (Å²) < 4.78 is 32.3. The minimum Gasteiger partial charge on any atom is -0.459 e. The first-order valence-electron chi connectivity index (χ1n) is 11.2. The van der Waals surface area contributed by atoms with Gasteiger partial charge in [0.25, 0.3) is 11.8 Å². The molecule has 0 aliphatic rings. The number of benzene rings is 3. The standard InChI is InChI=1S/C28H25F2N3O3/c1-32(2)25-13-12-24(31-27(34)20-5-3-6-23(30)15-20)16-21(25)18-33(28(35)26-7-4-14-36-26)17-19-8-10-22(29)11-9-19/h3-16H,17-18H2,1-2H3,(H,31,34). The largest absolute Gasteiger partial charge is 0.459 e. The van der Waals surface area contributed by atoms with Crippen LogP contribution in [0.4, 0.5) is 20.2 Å². The Morgan fingerprint density at radius 1 is 0.861 bits per heavy atom. The van der Waals surface area contributed by atoms with E-state index in [1.54, 1.807) is 41.3 Å². The van der Waals surface area contributed by atoms with Gasteiger partial charge < -0.3 is 19.5 Å². The van der Waals surface area contributed by atoms with Crippen LogP contribution in [0.2, 0.25) is 0 Å². The Balaban J connectivity index is 1.64. The smallest absolute Gasteiger partial charge is 0.290 e. The van der Waals surface area contributed by atoms with Gasteiger partial charge in [0.05, 0.1) is 6.26 Å². The van der Waals surface area contributed by atoms with Crippen LogP contribution in [0.1, 0.15) is 32.0 Å². The van der Waals surface area contributed by atoms with Crippen LogP contribution in [-0.4, -0.2) is 30.8 Å². The molecule has 0 aliphatic heterocycles. The van der Waals surface area contributed by atoms with E-state index < -0.39 is 11.7 Å². The van der Waals surface area contributed by atoms with Crippen molar-refractivity contribution in [3.8, 4) is 0 Å². The van der Waals surface area contributed by atoms with Gasteiger partial charge >= 0.3 is 0 Å². The SMILES string of the molecule is CN(C)c1ccc(NC(=O)c2cccc(F)c2)cc1CN(Cc1ccc(F)cc1)C(=O)c1ccco1. The van der Waals surface area contributed by atoms with E-state index in [0.717, 1.165) is 22.9 Å².